The van der Waals surface area contributed by atoms with E-state index in [1.165, 1.54) is 6.21 Å². The summed E-state index contributed by atoms with van der Waals surface area (Å²) in [5.41, 5.74) is 7.03. The largest absolute Gasteiger partial charge is 0.491 e. The summed E-state index contributed by atoms with van der Waals surface area (Å²) in [6, 6.07) is -0.231. The van der Waals surface area contributed by atoms with Crippen LogP contribution in [0.25, 0.3) is 0 Å². The third-order valence-corrected chi connectivity index (χ3v) is 4.10. The Morgan fingerprint density at radius 2 is 1.89 bits per heavy atom. The van der Waals surface area contributed by atoms with Gasteiger partial charge in [-0.1, -0.05) is 12.2 Å². The number of hydrogen-bond donors (Lipinski definition) is 2. The first kappa shape index (κ1) is 13.5. The summed E-state index contributed by atoms with van der Waals surface area (Å²) in [7, 11) is -0.400. The van der Waals surface area contributed by atoms with Crippen LogP contribution in [0.3, 0.4) is 0 Å². The van der Waals surface area contributed by atoms with Crippen molar-refractivity contribution in [1.29, 1.82) is 5.41 Å². The normalized spacial score (nSPS) is 29.8. The second-order valence-electron chi connectivity index (χ2n) is 5.87. The fourth-order valence-corrected chi connectivity index (χ4v) is 2.18. The first-order chi connectivity index (χ1) is 8.28. The Morgan fingerprint density at radius 3 is 2.39 bits per heavy atom. The lowest BCUT2D eigenvalue weighted by Crippen LogP contribution is -2.41. The molecule has 1 unspecified atom stereocenters. The molecule has 0 amide bonds. The minimum atomic E-state index is -0.400. The molecular formula is C13H21BN2O2. The zero-order valence-electron chi connectivity index (χ0n) is 11.5. The molecule has 1 aliphatic heterocycles. The second-order valence-corrected chi connectivity index (χ2v) is 5.87. The molecule has 0 saturated carbocycles. The first-order valence-electron chi connectivity index (χ1n) is 6.30. The summed E-state index contributed by atoms with van der Waals surface area (Å²) >= 11 is 0. The first-order valence-corrected chi connectivity index (χ1v) is 6.30. The van der Waals surface area contributed by atoms with E-state index in [1.54, 1.807) is 0 Å². The molecule has 2 aliphatic rings. The van der Waals surface area contributed by atoms with Gasteiger partial charge in [-0.05, 0) is 45.2 Å². The van der Waals surface area contributed by atoms with Crippen LogP contribution in [0.1, 0.15) is 34.1 Å². The molecule has 1 saturated heterocycles. The zero-order valence-corrected chi connectivity index (χ0v) is 11.5. The summed E-state index contributed by atoms with van der Waals surface area (Å²) in [5, 5.41) is 7.51. The lowest BCUT2D eigenvalue weighted by atomic mass is 9.70. The van der Waals surface area contributed by atoms with Crippen molar-refractivity contribution in [1.82, 2.24) is 0 Å². The van der Waals surface area contributed by atoms with Crippen molar-refractivity contribution >= 4 is 13.3 Å². The van der Waals surface area contributed by atoms with Gasteiger partial charge in [-0.2, -0.15) is 0 Å². The van der Waals surface area contributed by atoms with Crippen LogP contribution in [0.4, 0.5) is 0 Å². The Balaban J connectivity index is 2.31. The molecule has 1 aliphatic carbocycles. The van der Waals surface area contributed by atoms with Gasteiger partial charge < -0.3 is 20.5 Å². The lowest BCUT2D eigenvalue weighted by Gasteiger charge is -2.32. The molecule has 0 aromatic heterocycles. The fraction of sp³-hybridized carbons (Fsp3) is 0.615. The standard InChI is InChI=1S/C13H21BN2O2/c1-12(2)13(3,4)18-14(17-12)10-6-5-7-11(16)9(10)8-15/h5,7-8,11,15H,6,16H2,1-4H3. The van der Waals surface area contributed by atoms with Gasteiger partial charge in [0.25, 0.3) is 0 Å². The van der Waals surface area contributed by atoms with E-state index in [2.05, 4.69) is 0 Å². The smallest absolute Gasteiger partial charge is 0.400 e. The summed E-state index contributed by atoms with van der Waals surface area (Å²) < 4.78 is 12.0. The highest BCUT2D eigenvalue weighted by molar-refractivity contribution is 6.55. The minimum absolute atomic E-state index is 0.231. The Bertz CT molecular complexity index is 411. The lowest BCUT2D eigenvalue weighted by molar-refractivity contribution is 0.00578. The predicted octanol–water partition coefficient (Wildman–Crippen LogP) is 1.85. The summed E-state index contributed by atoms with van der Waals surface area (Å²) in [6.07, 6.45) is 5.97. The highest BCUT2D eigenvalue weighted by atomic mass is 16.7. The highest BCUT2D eigenvalue weighted by Crippen LogP contribution is 2.40. The molecule has 5 heteroatoms. The topological polar surface area (TPSA) is 68.3 Å². The number of allylic oxidation sites excluding steroid dienone is 2. The zero-order chi connectivity index (χ0) is 13.6. The average molecular weight is 248 g/mol. The van der Waals surface area contributed by atoms with Gasteiger partial charge >= 0.3 is 7.12 Å². The van der Waals surface area contributed by atoms with Gasteiger partial charge in [0.05, 0.1) is 11.2 Å². The van der Waals surface area contributed by atoms with Crippen LogP contribution in [-0.2, 0) is 9.31 Å². The van der Waals surface area contributed by atoms with Crippen LogP contribution in [-0.4, -0.2) is 30.6 Å². The van der Waals surface area contributed by atoms with E-state index in [0.717, 1.165) is 17.5 Å². The molecule has 1 atom stereocenters. The highest BCUT2D eigenvalue weighted by Gasteiger charge is 2.52. The molecule has 2 rings (SSSR count). The van der Waals surface area contributed by atoms with Crippen molar-refractivity contribution in [2.24, 2.45) is 5.73 Å². The van der Waals surface area contributed by atoms with Gasteiger partial charge in [0, 0.05) is 12.3 Å². The van der Waals surface area contributed by atoms with E-state index in [4.69, 9.17) is 20.5 Å². The quantitative estimate of drug-likeness (QED) is 0.445. The van der Waals surface area contributed by atoms with Crippen molar-refractivity contribution < 1.29 is 9.31 Å². The number of nitrogens with two attached hydrogens (primary N) is 1. The molecule has 0 spiro atoms. The summed E-state index contributed by atoms with van der Waals surface area (Å²) in [5.74, 6) is 0. The molecule has 0 aromatic carbocycles. The van der Waals surface area contributed by atoms with E-state index in [-0.39, 0.29) is 17.2 Å². The third kappa shape index (κ3) is 2.07. The minimum Gasteiger partial charge on any atom is -0.400 e. The van der Waals surface area contributed by atoms with Crippen molar-refractivity contribution in [2.45, 2.75) is 51.4 Å². The van der Waals surface area contributed by atoms with Crippen molar-refractivity contribution in [3.8, 4) is 0 Å². The monoisotopic (exact) mass is 248 g/mol. The molecule has 18 heavy (non-hydrogen) atoms. The number of nitrogens with one attached hydrogen (secondary N) is 1. The molecular weight excluding hydrogens is 227 g/mol. The van der Waals surface area contributed by atoms with Crippen LogP contribution in [0.15, 0.2) is 23.2 Å². The molecule has 3 N–H and O–H groups in total. The molecule has 1 heterocycles. The van der Waals surface area contributed by atoms with Gasteiger partial charge in [-0.3, -0.25) is 0 Å². The van der Waals surface area contributed by atoms with Gasteiger partial charge in [-0.25, -0.2) is 0 Å². The summed E-state index contributed by atoms with van der Waals surface area (Å²) in [4.78, 5) is 0. The van der Waals surface area contributed by atoms with Crippen molar-refractivity contribution in [3.63, 3.8) is 0 Å². The Hall–Kier alpha value is -0.905. The Labute approximate surface area is 109 Å². The maximum absolute atomic E-state index is 7.51. The van der Waals surface area contributed by atoms with E-state index in [1.807, 2.05) is 39.8 Å². The maximum Gasteiger partial charge on any atom is 0.491 e. The van der Waals surface area contributed by atoms with Gasteiger partial charge in [0.2, 0.25) is 0 Å². The molecule has 1 fully saturated rings. The second kappa shape index (κ2) is 4.33. The molecule has 0 bridgehead atoms. The van der Waals surface area contributed by atoms with E-state index < -0.39 is 7.12 Å². The molecule has 4 nitrogen and oxygen atoms in total. The van der Waals surface area contributed by atoms with Gasteiger partial charge in [0.1, 0.15) is 0 Å². The van der Waals surface area contributed by atoms with Crippen LogP contribution < -0.4 is 5.73 Å². The third-order valence-electron chi connectivity index (χ3n) is 4.10. The van der Waals surface area contributed by atoms with Gasteiger partial charge in [-0.15, -0.1) is 0 Å². The number of rotatable bonds is 2. The predicted molar refractivity (Wildman–Crippen MR) is 73.6 cm³/mol. The Kier molecular flexibility index (Phi) is 3.26. The van der Waals surface area contributed by atoms with E-state index in [0.29, 0.717) is 0 Å². The molecule has 0 aromatic rings. The van der Waals surface area contributed by atoms with Crippen molar-refractivity contribution in [2.75, 3.05) is 0 Å². The Morgan fingerprint density at radius 1 is 1.33 bits per heavy atom. The van der Waals surface area contributed by atoms with Crippen LogP contribution >= 0.6 is 0 Å². The van der Waals surface area contributed by atoms with Gasteiger partial charge in [0.15, 0.2) is 0 Å². The average Bonchev–Trinajstić information content (AvgIpc) is 2.47. The van der Waals surface area contributed by atoms with Crippen LogP contribution in [0.5, 0.6) is 0 Å². The number of hydrogen-bond acceptors (Lipinski definition) is 4. The molecule has 98 valence electrons. The maximum atomic E-state index is 7.51. The summed E-state index contributed by atoms with van der Waals surface area (Å²) in [6.45, 7) is 8.10. The van der Waals surface area contributed by atoms with Crippen LogP contribution in [0, 0.1) is 5.41 Å². The van der Waals surface area contributed by atoms with Crippen LogP contribution in [0.2, 0.25) is 0 Å². The van der Waals surface area contributed by atoms with E-state index >= 15 is 0 Å². The molecule has 0 radical (unpaired) electrons. The SMILES string of the molecule is CC1(C)OB(C2=C(C=N)C(N)C=CC2)OC1(C)C. The fourth-order valence-electron chi connectivity index (χ4n) is 2.18. The van der Waals surface area contributed by atoms with E-state index in [9.17, 15) is 0 Å². The van der Waals surface area contributed by atoms with Crippen molar-refractivity contribution in [3.05, 3.63) is 23.2 Å².